The number of unbranched alkanes of at least 4 members (excludes halogenated alkanes) is 2. The molecule has 0 rings (SSSR count). The molecule has 0 radical (unpaired) electrons. The van der Waals surface area contributed by atoms with Gasteiger partial charge in [-0.2, -0.15) is 0 Å². The molecule has 0 unspecified atom stereocenters. The summed E-state index contributed by atoms with van der Waals surface area (Å²) in [5, 5.41) is 0. The van der Waals surface area contributed by atoms with Crippen LogP contribution in [0.5, 0.6) is 0 Å². The highest BCUT2D eigenvalue weighted by molar-refractivity contribution is 7.73. The average molecular weight is 148 g/mol. The quantitative estimate of drug-likeness (QED) is 0.442. The summed E-state index contributed by atoms with van der Waals surface area (Å²) in [5.41, 5.74) is 0. The van der Waals surface area contributed by atoms with Gasteiger partial charge in [0, 0.05) is 0 Å². The van der Waals surface area contributed by atoms with Gasteiger partial charge in [0.05, 0.1) is 19.2 Å². The molecule has 1 amide bonds. The van der Waals surface area contributed by atoms with Crippen LogP contribution in [0.15, 0.2) is 0 Å². The fourth-order valence-electron chi connectivity index (χ4n) is 0.614. The maximum Gasteiger partial charge on any atom is 0.321 e. The molecule has 54 valence electrons. The van der Waals surface area contributed by atoms with Crippen LogP contribution in [0.3, 0.4) is 0 Å². The highest BCUT2D eigenvalue weighted by Crippen LogP contribution is 1.96. The molecule has 9 heavy (non-hydrogen) atoms. The summed E-state index contributed by atoms with van der Waals surface area (Å²) in [5.74, 6) is 0.145. The number of carbonyl (C=O) groups excluding carboxylic acids is 1. The van der Waals surface area contributed by atoms with Crippen molar-refractivity contribution >= 4 is 18.7 Å². The SMILES string of the molecule is CCCCCC(=O)[NH2+]S. The molecule has 0 aliphatic carbocycles. The Hall–Kier alpha value is -0.0200. The van der Waals surface area contributed by atoms with Crippen LogP contribution in [0.4, 0.5) is 0 Å². The Morgan fingerprint density at radius 1 is 1.56 bits per heavy atom. The number of hydrogen-bond acceptors (Lipinski definition) is 2. The number of carbonyl (C=O) groups is 1. The third-order valence-electron chi connectivity index (χ3n) is 1.17. The molecule has 3 heteroatoms. The number of rotatable bonds is 4. The fraction of sp³-hybridized carbons (Fsp3) is 0.833. The molecule has 2 N–H and O–H groups in total. The molecule has 0 heterocycles. The number of primary amides is 1. The topological polar surface area (TPSA) is 33.7 Å². The summed E-state index contributed by atoms with van der Waals surface area (Å²) in [6.07, 6.45) is 3.98. The van der Waals surface area contributed by atoms with Crippen LogP contribution >= 0.6 is 12.8 Å². The smallest absolute Gasteiger partial charge is 0.230 e. The zero-order valence-electron chi connectivity index (χ0n) is 5.76. The molecule has 0 aromatic carbocycles. The van der Waals surface area contributed by atoms with Crippen molar-refractivity contribution in [3.8, 4) is 0 Å². The van der Waals surface area contributed by atoms with E-state index in [1.165, 1.54) is 11.1 Å². The zero-order chi connectivity index (χ0) is 7.11. The molecule has 0 atom stereocenters. The Balaban J connectivity index is 2.97. The second kappa shape index (κ2) is 6.11. The van der Waals surface area contributed by atoms with Crippen LogP contribution < -0.4 is 4.72 Å². The van der Waals surface area contributed by atoms with E-state index in [1.807, 2.05) is 0 Å². The minimum Gasteiger partial charge on any atom is -0.230 e. The molecule has 0 aromatic rings. The largest absolute Gasteiger partial charge is 0.321 e. The van der Waals surface area contributed by atoms with Crippen LogP contribution in [-0.2, 0) is 4.79 Å². The second-order valence-corrected chi connectivity index (χ2v) is 2.31. The first-order valence-electron chi connectivity index (χ1n) is 3.31. The Bertz CT molecular complexity index is 85.1. The van der Waals surface area contributed by atoms with Gasteiger partial charge >= 0.3 is 5.91 Å². The number of quaternary nitrogens is 1. The van der Waals surface area contributed by atoms with Crippen LogP contribution in [0.1, 0.15) is 32.6 Å². The lowest BCUT2D eigenvalue weighted by atomic mass is 10.2. The van der Waals surface area contributed by atoms with Gasteiger partial charge < -0.3 is 0 Å². The summed E-state index contributed by atoms with van der Waals surface area (Å²) < 4.78 is 1.34. The summed E-state index contributed by atoms with van der Waals surface area (Å²) in [6.45, 7) is 2.12. The van der Waals surface area contributed by atoms with E-state index < -0.39 is 0 Å². The van der Waals surface area contributed by atoms with Crippen LogP contribution in [-0.4, -0.2) is 5.91 Å². The standard InChI is InChI=1S/C6H13NOS/c1-2-3-4-5-6(8)7-9/h9H,2-5H2,1H3,(H,7,8)/p+1. The van der Waals surface area contributed by atoms with Gasteiger partial charge in [-0.25, -0.2) is 9.52 Å². The average Bonchev–Trinajstić information content (AvgIpc) is 1.89. The molecule has 0 bridgehead atoms. The lowest BCUT2D eigenvalue weighted by Crippen LogP contribution is -2.77. The van der Waals surface area contributed by atoms with E-state index in [9.17, 15) is 4.79 Å². The summed E-state index contributed by atoms with van der Waals surface area (Å²) >= 11 is 3.74. The van der Waals surface area contributed by atoms with Gasteiger partial charge in [0.1, 0.15) is 0 Å². The molecule has 0 aromatic heterocycles. The van der Waals surface area contributed by atoms with Gasteiger partial charge in [0.15, 0.2) is 0 Å². The van der Waals surface area contributed by atoms with E-state index >= 15 is 0 Å². The van der Waals surface area contributed by atoms with Crippen molar-refractivity contribution in [1.29, 1.82) is 0 Å². The van der Waals surface area contributed by atoms with Gasteiger partial charge in [-0.1, -0.05) is 19.8 Å². The number of amides is 1. The molecule has 0 saturated carbocycles. The maximum atomic E-state index is 10.6. The highest BCUT2D eigenvalue weighted by atomic mass is 32.1. The Kier molecular flexibility index (Phi) is 6.09. The minimum absolute atomic E-state index is 0.145. The van der Waals surface area contributed by atoms with Crippen molar-refractivity contribution in [2.45, 2.75) is 32.6 Å². The zero-order valence-corrected chi connectivity index (χ0v) is 6.66. The lowest BCUT2D eigenvalue weighted by Gasteiger charge is -1.91. The van der Waals surface area contributed by atoms with Crippen molar-refractivity contribution in [1.82, 2.24) is 0 Å². The third-order valence-corrected chi connectivity index (χ3v) is 1.46. The number of hydrogen-bond donors (Lipinski definition) is 2. The van der Waals surface area contributed by atoms with Crippen LogP contribution in [0.2, 0.25) is 0 Å². The summed E-state index contributed by atoms with van der Waals surface area (Å²) in [6, 6.07) is 0. The van der Waals surface area contributed by atoms with Crippen molar-refractivity contribution in [3.63, 3.8) is 0 Å². The Morgan fingerprint density at radius 3 is 2.67 bits per heavy atom. The van der Waals surface area contributed by atoms with E-state index in [2.05, 4.69) is 19.7 Å². The van der Waals surface area contributed by atoms with E-state index in [0.29, 0.717) is 6.42 Å². The van der Waals surface area contributed by atoms with Gasteiger partial charge in [-0.05, 0) is 6.42 Å². The van der Waals surface area contributed by atoms with Gasteiger partial charge in [0.25, 0.3) is 0 Å². The molecule has 0 fully saturated rings. The van der Waals surface area contributed by atoms with Crippen molar-refractivity contribution in [2.75, 3.05) is 0 Å². The monoisotopic (exact) mass is 148 g/mol. The number of thiol groups is 1. The molecular formula is C6H14NOS+. The first-order chi connectivity index (χ1) is 4.31. The van der Waals surface area contributed by atoms with Crippen molar-refractivity contribution in [2.24, 2.45) is 0 Å². The summed E-state index contributed by atoms with van der Waals surface area (Å²) in [7, 11) is 0. The molecule has 0 saturated heterocycles. The molecule has 0 spiro atoms. The number of nitrogens with two attached hydrogens (primary N) is 1. The fourth-order valence-corrected chi connectivity index (χ4v) is 0.743. The van der Waals surface area contributed by atoms with E-state index in [1.54, 1.807) is 0 Å². The Labute approximate surface area is 61.6 Å². The highest BCUT2D eigenvalue weighted by Gasteiger charge is 2.00. The Morgan fingerprint density at radius 2 is 2.22 bits per heavy atom. The van der Waals surface area contributed by atoms with Gasteiger partial charge in [0.2, 0.25) is 0 Å². The minimum atomic E-state index is 0.145. The van der Waals surface area contributed by atoms with Crippen molar-refractivity contribution in [3.05, 3.63) is 0 Å². The lowest BCUT2D eigenvalue weighted by molar-refractivity contribution is -0.393. The molecule has 0 aliphatic rings. The van der Waals surface area contributed by atoms with E-state index in [-0.39, 0.29) is 5.91 Å². The maximum absolute atomic E-state index is 10.6. The summed E-state index contributed by atoms with van der Waals surface area (Å²) in [4.78, 5) is 10.6. The van der Waals surface area contributed by atoms with Gasteiger partial charge in [-0.15, -0.1) is 0 Å². The molecule has 0 aliphatic heterocycles. The predicted octanol–water partition coefficient (Wildman–Crippen LogP) is 0.501. The predicted molar refractivity (Wildman–Crippen MR) is 40.1 cm³/mol. The first-order valence-corrected chi connectivity index (χ1v) is 3.83. The van der Waals surface area contributed by atoms with E-state index in [4.69, 9.17) is 0 Å². The van der Waals surface area contributed by atoms with Crippen LogP contribution in [0, 0.1) is 0 Å². The third kappa shape index (κ3) is 5.86. The van der Waals surface area contributed by atoms with Gasteiger partial charge in [-0.3, -0.25) is 0 Å². The first kappa shape index (κ1) is 8.98. The van der Waals surface area contributed by atoms with E-state index in [0.717, 1.165) is 12.8 Å². The normalized spacial score (nSPS) is 9.56. The molecule has 2 nitrogen and oxygen atoms in total. The second-order valence-electron chi connectivity index (χ2n) is 2.05. The van der Waals surface area contributed by atoms with Crippen molar-refractivity contribution < 1.29 is 9.52 Å². The van der Waals surface area contributed by atoms with Crippen LogP contribution in [0.25, 0.3) is 0 Å². The molecular weight excluding hydrogens is 134 g/mol.